The van der Waals surface area contributed by atoms with Gasteiger partial charge in [-0.1, -0.05) is 0 Å². The average molecular weight is 405 g/mol. The first-order chi connectivity index (χ1) is 13.6. The van der Waals surface area contributed by atoms with E-state index in [0.29, 0.717) is 44.4 Å². The van der Waals surface area contributed by atoms with Gasteiger partial charge in [0.1, 0.15) is 23.9 Å². The highest BCUT2D eigenvalue weighted by molar-refractivity contribution is 7.09. The molecule has 2 bridgehead atoms. The molecule has 2 aromatic rings. The quantitative estimate of drug-likeness (QED) is 0.765. The normalized spacial score (nSPS) is 22.7. The van der Waals surface area contributed by atoms with Crippen LogP contribution in [0, 0.1) is 18.7 Å². The van der Waals surface area contributed by atoms with Crippen LogP contribution in [0.3, 0.4) is 0 Å². The fourth-order valence-corrected chi connectivity index (χ4v) is 4.39. The fraction of sp³-hybridized carbons (Fsp3) is 0.500. The first-order valence-electron chi connectivity index (χ1n) is 9.50. The minimum Gasteiger partial charge on any atom is -0.492 e. The number of ether oxygens (including phenoxy) is 2. The number of rotatable bonds is 5. The number of halogens is 1. The molecule has 0 N–H and O–H groups in total. The summed E-state index contributed by atoms with van der Waals surface area (Å²) in [5, 5.41) is 2.74. The van der Waals surface area contributed by atoms with Crippen LogP contribution >= 0.6 is 11.3 Å². The van der Waals surface area contributed by atoms with E-state index in [9.17, 15) is 9.18 Å². The maximum atomic E-state index is 13.0. The van der Waals surface area contributed by atoms with Gasteiger partial charge in [-0.25, -0.2) is 9.37 Å². The molecule has 0 radical (unpaired) electrons. The lowest BCUT2D eigenvalue weighted by Crippen LogP contribution is -2.46. The largest absolute Gasteiger partial charge is 0.492 e. The second-order valence-electron chi connectivity index (χ2n) is 7.32. The van der Waals surface area contributed by atoms with Crippen LogP contribution in [0.2, 0.25) is 0 Å². The predicted molar refractivity (Wildman–Crippen MR) is 104 cm³/mol. The van der Waals surface area contributed by atoms with E-state index < -0.39 is 0 Å². The molecule has 0 saturated carbocycles. The van der Waals surface area contributed by atoms with Gasteiger partial charge in [-0.15, -0.1) is 11.3 Å². The Morgan fingerprint density at radius 2 is 2.11 bits per heavy atom. The van der Waals surface area contributed by atoms with Crippen LogP contribution in [-0.2, 0) is 4.74 Å². The molecular formula is C20H24FN3O3S. The molecule has 2 fully saturated rings. The lowest BCUT2D eigenvalue weighted by atomic mass is 10.1. The SMILES string of the molecule is Cc1nc(C(=O)N2C[C@@H]3COC[C@H](C2)N(CCOc2ccc(F)cc2)C3)cs1. The summed E-state index contributed by atoms with van der Waals surface area (Å²) in [6.45, 7) is 6.60. The van der Waals surface area contributed by atoms with Gasteiger partial charge in [0.2, 0.25) is 0 Å². The Hall–Kier alpha value is -2.03. The van der Waals surface area contributed by atoms with Gasteiger partial charge in [-0.05, 0) is 31.2 Å². The molecule has 1 amide bonds. The van der Waals surface area contributed by atoms with Crippen molar-refractivity contribution in [1.29, 1.82) is 0 Å². The topological polar surface area (TPSA) is 54.9 Å². The summed E-state index contributed by atoms with van der Waals surface area (Å²) in [4.78, 5) is 21.5. The number of fused-ring (bicyclic) bond motifs is 3. The summed E-state index contributed by atoms with van der Waals surface area (Å²) in [5.41, 5.74) is 0.537. The second kappa shape index (κ2) is 8.55. The fourth-order valence-electron chi connectivity index (χ4n) is 3.80. The van der Waals surface area contributed by atoms with Crippen LogP contribution in [0.5, 0.6) is 5.75 Å². The summed E-state index contributed by atoms with van der Waals surface area (Å²) < 4.78 is 24.6. The van der Waals surface area contributed by atoms with Crippen molar-refractivity contribution in [2.75, 3.05) is 46.0 Å². The molecular weight excluding hydrogens is 381 g/mol. The zero-order valence-corrected chi connectivity index (χ0v) is 16.7. The van der Waals surface area contributed by atoms with E-state index in [1.807, 2.05) is 17.2 Å². The van der Waals surface area contributed by atoms with Crippen LogP contribution in [0.25, 0.3) is 0 Å². The molecule has 4 rings (SSSR count). The number of aromatic nitrogens is 1. The number of hydrogen-bond donors (Lipinski definition) is 0. The number of carbonyl (C=O) groups excluding carboxylic acids is 1. The van der Waals surface area contributed by atoms with Crippen molar-refractivity contribution < 1.29 is 18.7 Å². The Kier molecular flexibility index (Phi) is 5.89. The molecule has 2 aliphatic heterocycles. The Morgan fingerprint density at radius 3 is 2.86 bits per heavy atom. The third kappa shape index (κ3) is 4.51. The smallest absolute Gasteiger partial charge is 0.273 e. The van der Waals surface area contributed by atoms with Gasteiger partial charge in [0.05, 0.1) is 24.3 Å². The van der Waals surface area contributed by atoms with Gasteiger partial charge in [0.25, 0.3) is 5.91 Å². The standard InChI is InChI=1S/C20H24FN3O3S/c1-14-22-19(13-28-14)20(25)24-9-15-8-23(17(10-24)12-26-11-15)6-7-27-18-4-2-16(21)3-5-18/h2-5,13,15,17H,6-12H2,1H3/t15-,17+/m1/s1. The first kappa shape index (κ1) is 19.3. The van der Waals surface area contributed by atoms with Crippen molar-refractivity contribution >= 4 is 17.2 Å². The van der Waals surface area contributed by atoms with E-state index in [1.54, 1.807) is 12.1 Å². The van der Waals surface area contributed by atoms with Crippen LogP contribution in [0.15, 0.2) is 29.6 Å². The number of thiazole rings is 1. The summed E-state index contributed by atoms with van der Waals surface area (Å²) in [6, 6.07) is 6.19. The average Bonchev–Trinajstić information content (AvgIpc) is 2.91. The molecule has 1 aromatic carbocycles. The van der Waals surface area contributed by atoms with Gasteiger partial charge >= 0.3 is 0 Å². The number of amides is 1. The predicted octanol–water partition coefficient (Wildman–Crippen LogP) is 2.44. The third-order valence-electron chi connectivity index (χ3n) is 5.17. The maximum Gasteiger partial charge on any atom is 0.273 e. The Morgan fingerprint density at radius 1 is 1.29 bits per heavy atom. The number of carbonyl (C=O) groups is 1. The van der Waals surface area contributed by atoms with E-state index in [1.165, 1.54) is 23.5 Å². The highest BCUT2D eigenvalue weighted by atomic mass is 32.1. The highest BCUT2D eigenvalue weighted by Gasteiger charge is 2.35. The van der Waals surface area contributed by atoms with E-state index in [0.717, 1.165) is 18.1 Å². The van der Waals surface area contributed by atoms with Crippen molar-refractivity contribution in [1.82, 2.24) is 14.8 Å². The molecule has 0 spiro atoms. The van der Waals surface area contributed by atoms with Crippen molar-refractivity contribution in [3.8, 4) is 5.75 Å². The van der Waals surface area contributed by atoms with Crippen molar-refractivity contribution in [2.24, 2.45) is 5.92 Å². The Labute approximate surface area is 167 Å². The van der Waals surface area contributed by atoms with Gasteiger partial charge in [0.15, 0.2) is 0 Å². The van der Waals surface area contributed by atoms with Crippen molar-refractivity contribution in [3.63, 3.8) is 0 Å². The molecule has 2 saturated heterocycles. The number of nitrogens with zero attached hydrogens (tertiary/aromatic N) is 3. The molecule has 3 heterocycles. The van der Waals surface area contributed by atoms with E-state index in [2.05, 4.69) is 9.88 Å². The molecule has 1 aromatic heterocycles. The summed E-state index contributed by atoms with van der Waals surface area (Å²) in [6.07, 6.45) is 0. The van der Waals surface area contributed by atoms with E-state index in [-0.39, 0.29) is 23.7 Å². The second-order valence-corrected chi connectivity index (χ2v) is 8.38. The van der Waals surface area contributed by atoms with Crippen LogP contribution in [0.1, 0.15) is 15.5 Å². The van der Waals surface area contributed by atoms with Gasteiger partial charge < -0.3 is 14.4 Å². The van der Waals surface area contributed by atoms with Crippen molar-refractivity contribution in [3.05, 3.63) is 46.2 Å². The highest BCUT2D eigenvalue weighted by Crippen LogP contribution is 2.22. The Bertz CT molecular complexity index is 813. The van der Waals surface area contributed by atoms with Gasteiger partial charge in [-0.3, -0.25) is 9.69 Å². The number of hydrogen-bond acceptors (Lipinski definition) is 6. The molecule has 0 aliphatic carbocycles. The zero-order valence-electron chi connectivity index (χ0n) is 15.8. The minimum atomic E-state index is -0.272. The number of aryl methyl sites for hydroxylation is 1. The van der Waals surface area contributed by atoms with Gasteiger partial charge in [-0.2, -0.15) is 0 Å². The molecule has 2 atom stereocenters. The van der Waals surface area contributed by atoms with Gasteiger partial charge in [0, 0.05) is 37.5 Å². The first-order valence-corrected chi connectivity index (χ1v) is 10.4. The summed E-state index contributed by atoms with van der Waals surface area (Å²) >= 11 is 1.50. The van der Waals surface area contributed by atoms with E-state index >= 15 is 0 Å². The van der Waals surface area contributed by atoms with E-state index in [4.69, 9.17) is 9.47 Å². The summed E-state index contributed by atoms with van der Waals surface area (Å²) in [7, 11) is 0. The zero-order chi connectivity index (χ0) is 19.5. The Balaban J connectivity index is 1.38. The van der Waals surface area contributed by atoms with Crippen LogP contribution in [-0.4, -0.2) is 72.7 Å². The number of benzene rings is 1. The molecule has 0 unspecified atom stereocenters. The third-order valence-corrected chi connectivity index (χ3v) is 5.94. The minimum absolute atomic E-state index is 0.00524. The van der Waals surface area contributed by atoms with Crippen molar-refractivity contribution in [2.45, 2.75) is 13.0 Å². The molecule has 8 heteroatoms. The lowest BCUT2D eigenvalue weighted by molar-refractivity contribution is 0.0398. The molecule has 2 aliphatic rings. The molecule has 6 nitrogen and oxygen atoms in total. The molecule has 28 heavy (non-hydrogen) atoms. The summed E-state index contributed by atoms with van der Waals surface area (Å²) in [5.74, 6) is 0.657. The van der Waals surface area contributed by atoms with Crippen LogP contribution < -0.4 is 4.74 Å². The van der Waals surface area contributed by atoms with Crippen LogP contribution in [0.4, 0.5) is 4.39 Å². The lowest BCUT2D eigenvalue weighted by Gasteiger charge is -2.31. The monoisotopic (exact) mass is 405 g/mol. The maximum absolute atomic E-state index is 13.0. The molecule has 150 valence electrons.